The minimum atomic E-state index is -1.40. The van der Waals surface area contributed by atoms with E-state index in [2.05, 4.69) is 12.1 Å². The quantitative estimate of drug-likeness (QED) is 0.602. The van der Waals surface area contributed by atoms with Crippen LogP contribution in [0.3, 0.4) is 0 Å². The summed E-state index contributed by atoms with van der Waals surface area (Å²) in [5.41, 5.74) is 4.15. The van der Waals surface area contributed by atoms with Crippen LogP contribution in [0, 0.1) is 81.5 Å². The van der Waals surface area contributed by atoms with E-state index >= 15 is 0 Å². The molecule has 2 aliphatic rings. The van der Waals surface area contributed by atoms with Crippen LogP contribution in [0.25, 0.3) is 0 Å². The summed E-state index contributed by atoms with van der Waals surface area (Å²) in [7, 11) is 0. The first-order valence-corrected chi connectivity index (χ1v) is 11.5. The molecule has 1 aliphatic carbocycles. The molecule has 2 atom stereocenters. The highest BCUT2D eigenvalue weighted by Gasteiger charge is 2.80. The van der Waals surface area contributed by atoms with Crippen LogP contribution < -0.4 is 9.80 Å². The van der Waals surface area contributed by atoms with E-state index < -0.39 is 22.9 Å². The molecule has 0 unspecified atom stereocenters. The van der Waals surface area contributed by atoms with Crippen LogP contribution in [0.4, 0.5) is 11.4 Å². The second-order valence-corrected chi connectivity index (χ2v) is 10.4. The second kappa shape index (κ2) is 7.43. The molecule has 2 aromatic carbocycles. The van der Waals surface area contributed by atoms with Gasteiger partial charge in [0.05, 0.1) is 23.5 Å². The van der Waals surface area contributed by atoms with Crippen LogP contribution in [-0.2, 0) is 9.59 Å². The normalized spacial score (nSPS) is 22.5. The first-order chi connectivity index (χ1) is 15.8. The standard InChI is InChI=1S/C28H30N4O2/c1-15-9-17(3)23(18(4)10-15)31-25(33)27(7,8)26(34)32(28(31)21(13-29)22(28)14-30)24-19(5)11-16(2)12-20(24)6/h9-12,21-22H,1-8H3/t21-,22+. The summed E-state index contributed by atoms with van der Waals surface area (Å²) in [6.07, 6.45) is 0. The summed E-state index contributed by atoms with van der Waals surface area (Å²) in [6.45, 7) is 15.0. The third-order valence-electron chi connectivity index (χ3n) is 7.33. The van der Waals surface area contributed by atoms with Crippen LogP contribution in [0.15, 0.2) is 24.3 Å². The molecule has 1 spiro atoms. The van der Waals surface area contributed by atoms with Gasteiger partial charge in [-0.1, -0.05) is 35.4 Å². The zero-order valence-corrected chi connectivity index (χ0v) is 21.1. The summed E-state index contributed by atoms with van der Waals surface area (Å²) in [4.78, 5) is 31.4. The van der Waals surface area contributed by atoms with Crippen molar-refractivity contribution in [3.63, 3.8) is 0 Å². The number of aryl methyl sites for hydroxylation is 6. The Kier molecular flexibility index (Phi) is 5.14. The second-order valence-electron chi connectivity index (χ2n) is 10.4. The van der Waals surface area contributed by atoms with Gasteiger partial charge in [-0.15, -0.1) is 0 Å². The molecular weight excluding hydrogens is 424 g/mol. The maximum absolute atomic E-state index is 14.1. The Balaban J connectivity index is 2.14. The average Bonchev–Trinajstić information content (AvgIpc) is 3.38. The van der Waals surface area contributed by atoms with Crippen molar-refractivity contribution in [2.45, 2.75) is 61.1 Å². The molecule has 1 aliphatic heterocycles. The van der Waals surface area contributed by atoms with Crippen LogP contribution >= 0.6 is 0 Å². The highest BCUT2D eigenvalue weighted by molar-refractivity contribution is 6.22. The summed E-state index contributed by atoms with van der Waals surface area (Å²) >= 11 is 0. The molecule has 6 heteroatoms. The number of benzene rings is 2. The number of amides is 2. The SMILES string of the molecule is Cc1cc(C)c(N2C(=O)C(C)(C)C(=O)N(c3c(C)cc(C)cc3C)C23[C@H](C#N)[C@@H]3C#N)c(C)c1. The third kappa shape index (κ3) is 2.85. The van der Waals surface area contributed by atoms with E-state index in [1.54, 1.807) is 23.6 Å². The Bertz CT molecular complexity index is 1190. The fourth-order valence-electron chi connectivity index (χ4n) is 5.94. The summed E-state index contributed by atoms with van der Waals surface area (Å²) < 4.78 is 0. The largest absolute Gasteiger partial charge is 0.284 e. The number of carbonyl (C=O) groups is 2. The molecule has 1 saturated carbocycles. The van der Waals surface area contributed by atoms with Gasteiger partial charge in [0.1, 0.15) is 17.3 Å². The van der Waals surface area contributed by atoms with Gasteiger partial charge >= 0.3 is 0 Å². The third-order valence-corrected chi connectivity index (χ3v) is 7.33. The lowest BCUT2D eigenvalue weighted by Crippen LogP contribution is -2.70. The fourth-order valence-corrected chi connectivity index (χ4v) is 5.94. The molecular formula is C28H30N4O2. The molecule has 2 fully saturated rings. The van der Waals surface area contributed by atoms with Crippen molar-refractivity contribution in [3.8, 4) is 12.1 Å². The van der Waals surface area contributed by atoms with E-state index in [1.807, 2.05) is 65.8 Å². The van der Waals surface area contributed by atoms with Crippen molar-refractivity contribution >= 4 is 23.2 Å². The molecule has 0 N–H and O–H groups in total. The van der Waals surface area contributed by atoms with Gasteiger partial charge in [0, 0.05) is 0 Å². The van der Waals surface area contributed by atoms with Gasteiger partial charge in [0.25, 0.3) is 0 Å². The van der Waals surface area contributed by atoms with E-state index in [4.69, 9.17) is 0 Å². The number of hydrogen-bond acceptors (Lipinski definition) is 4. The molecule has 1 heterocycles. The van der Waals surface area contributed by atoms with E-state index in [0.29, 0.717) is 11.4 Å². The molecule has 0 bridgehead atoms. The first-order valence-electron chi connectivity index (χ1n) is 11.5. The van der Waals surface area contributed by atoms with Crippen LogP contribution in [0.2, 0.25) is 0 Å². The van der Waals surface area contributed by atoms with Crippen LogP contribution in [0.5, 0.6) is 0 Å². The van der Waals surface area contributed by atoms with Crippen molar-refractivity contribution in [2.75, 3.05) is 9.80 Å². The zero-order valence-electron chi connectivity index (χ0n) is 21.1. The number of hydrogen-bond donors (Lipinski definition) is 0. The molecule has 34 heavy (non-hydrogen) atoms. The maximum Gasteiger partial charge on any atom is 0.244 e. The smallest absolute Gasteiger partial charge is 0.244 e. The number of nitrogens with zero attached hydrogens (tertiary/aromatic N) is 4. The molecule has 4 rings (SSSR count). The van der Waals surface area contributed by atoms with Gasteiger partial charge in [-0.2, -0.15) is 10.5 Å². The topological polar surface area (TPSA) is 88.2 Å². The molecule has 1 saturated heterocycles. The van der Waals surface area contributed by atoms with Gasteiger partial charge in [0.15, 0.2) is 5.66 Å². The van der Waals surface area contributed by atoms with Gasteiger partial charge in [0.2, 0.25) is 11.8 Å². The van der Waals surface area contributed by atoms with Crippen molar-refractivity contribution < 1.29 is 9.59 Å². The summed E-state index contributed by atoms with van der Waals surface area (Å²) in [5, 5.41) is 20.3. The van der Waals surface area contributed by atoms with Crippen LogP contribution in [-0.4, -0.2) is 17.5 Å². The fraction of sp³-hybridized carbons (Fsp3) is 0.429. The maximum atomic E-state index is 14.1. The van der Waals surface area contributed by atoms with Crippen molar-refractivity contribution in [3.05, 3.63) is 57.6 Å². The van der Waals surface area contributed by atoms with Gasteiger partial charge in [-0.05, 0) is 77.6 Å². The van der Waals surface area contributed by atoms with Crippen LogP contribution in [0.1, 0.15) is 47.2 Å². The minimum absolute atomic E-state index is 0.385. The first kappa shape index (κ1) is 23.5. The van der Waals surface area contributed by atoms with E-state index in [9.17, 15) is 20.1 Å². The summed E-state index contributed by atoms with van der Waals surface area (Å²) in [5.74, 6) is -2.43. The Labute approximate surface area is 201 Å². The number of anilines is 2. The Morgan fingerprint density at radius 1 is 0.676 bits per heavy atom. The molecule has 174 valence electrons. The average molecular weight is 455 g/mol. The number of rotatable bonds is 2. The van der Waals surface area contributed by atoms with E-state index in [-0.39, 0.29) is 11.8 Å². The summed E-state index contributed by atoms with van der Waals surface area (Å²) in [6, 6.07) is 12.5. The Morgan fingerprint density at radius 3 is 1.24 bits per heavy atom. The highest BCUT2D eigenvalue weighted by atomic mass is 16.2. The minimum Gasteiger partial charge on any atom is -0.284 e. The molecule has 2 aromatic rings. The number of carbonyl (C=O) groups excluding carboxylic acids is 2. The van der Waals surface area contributed by atoms with Crippen molar-refractivity contribution in [2.24, 2.45) is 17.3 Å². The highest BCUT2D eigenvalue weighted by Crippen LogP contribution is 2.63. The monoisotopic (exact) mass is 454 g/mol. The molecule has 6 nitrogen and oxygen atoms in total. The Morgan fingerprint density at radius 2 is 0.971 bits per heavy atom. The number of nitriles is 2. The van der Waals surface area contributed by atoms with Crippen molar-refractivity contribution in [1.82, 2.24) is 0 Å². The molecule has 0 radical (unpaired) electrons. The predicted molar refractivity (Wildman–Crippen MR) is 131 cm³/mol. The molecule has 0 aromatic heterocycles. The van der Waals surface area contributed by atoms with Gasteiger partial charge in [-0.25, -0.2) is 0 Å². The lowest BCUT2D eigenvalue weighted by Gasteiger charge is -2.51. The van der Waals surface area contributed by atoms with E-state index in [1.165, 1.54) is 0 Å². The molecule has 2 amide bonds. The van der Waals surface area contributed by atoms with Crippen molar-refractivity contribution in [1.29, 1.82) is 10.5 Å². The predicted octanol–water partition coefficient (Wildman–Crippen LogP) is 4.93. The van der Waals surface area contributed by atoms with Gasteiger partial charge in [-0.3, -0.25) is 19.4 Å². The zero-order chi connectivity index (χ0) is 25.3. The van der Waals surface area contributed by atoms with Gasteiger partial charge < -0.3 is 0 Å². The van der Waals surface area contributed by atoms with E-state index in [0.717, 1.165) is 33.4 Å². The lowest BCUT2D eigenvalue weighted by atomic mass is 9.83. The Hall–Kier alpha value is -3.64. The lowest BCUT2D eigenvalue weighted by molar-refractivity contribution is -0.142.